The van der Waals surface area contributed by atoms with Crippen LogP contribution in [0.15, 0.2) is 6.20 Å². The van der Waals surface area contributed by atoms with Crippen molar-refractivity contribution in [2.24, 2.45) is 0 Å². The molecule has 0 spiro atoms. The highest BCUT2D eigenvalue weighted by molar-refractivity contribution is 5.92. The van der Waals surface area contributed by atoms with Crippen LogP contribution < -0.4 is 5.32 Å². The summed E-state index contributed by atoms with van der Waals surface area (Å²) >= 11 is 0. The zero-order valence-corrected chi connectivity index (χ0v) is 8.90. The molecule has 0 aromatic carbocycles. The summed E-state index contributed by atoms with van der Waals surface area (Å²) in [4.78, 5) is 13.8. The smallest absolute Gasteiger partial charge is 0.273 e. The van der Waals surface area contributed by atoms with Crippen LogP contribution in [-0.4, -0.2) is 51.4 Å². The van der Waals surface area contributed by atoms with Gasteiger partial charge in [0, 0.05) is 25.2 Å². The van der Waals surface area contributed by atoms with Gasteiger partial charge in [-0.2, -0.15) is 0 Å². The van der Waals surface area contributed by atoms with E-state index in [1.54, 1.807) is 0 Å². The molecule has 0 bridgehead atoms. The number of amides is 1. The predicted molar refractivity (Wildman–Crippen MR) is 54.3 cm³/mol. The first-order valence-electron chi connectivity index (χ1n) is 5.09. The lowest BCUT2D eigenvalue weighted by molar-refractivity contribution is 0.0610. The standard InChI is InChI=1S/C9H15N5O/c1-6-5-14(7(2)3-10-6)9(15)8-4-11-13-12-8/h4,6-7,10H,3,5H2,1-2H3,(H,11,12,13)/t6-,7+/m1/s1. The topological polar surface area (TPSA) is 73.9 Å². The molecule has 6 heteroatoms. The second-order valence-corrected chi connectivity index (χ2v) is 3.99. The Morgan fingerprint density at radius 1 is 1.60 bits per heavy atom. The molecular weight excluding hydrogens is 194 g/mol. The van der Waals surface area contributed by atoms with Crippen LogP contribution in [-0.2, 0) is 0 Å². The average molecular weight is 209 g/mol. The van der Waals surface area contributed by atoms with Crippen molar-refractivity contribution in [3.8, 4) is 0 Å². The first-order chi connectivity index (χ1) is 7.18. The lowest BCUT2D eigenvalue weighted by Crippen LogP contribution is -2.56. The third kappa shape index (κ3) is 1.99. The molecule has 6 nitrogen and oxygen atoms in total. The molecule has 0 saturated carbocycles. The summed E-state index contributed by atoms with van der Waals surface area (Å²) in [6.07, 6.45) is 1.46. The Morgan fingerprint density at radius 3 is 3.07 bits per heavy atom. The summed E-state index contributed by atoms with van der Waals surface area (Å²) in [5.41, 5.74) is 0.455. The van der Waals surface area contributed by atoms with Gasteiger partial charge in [0.15, 0.2) is 0 Å². The van der Waals surface area contributed by atoms with Crippen molar-refractivity contribution in [2.75, 3.05) is 13.1 Å². The Morgan fingerprint density at radius 2 is 2.40 bits per heavy atom. The Labute approximate surface area is 88.0 Å². The van der Waals surface area contributed by atoms with Gasteiger partial charge in [-0.15, -0.1) is 5.10 Å². The molecule has 1 amide bonds. The molecule has 2 N–H and O–H groups in total. The van der Waals surface area contributed by atoms with Gasteiger partial charge >= 0.3 is 0 Å². The second kappa shape index (κ2) is 3.98. The highest BCUT2D eigenvalue weighted by Gasteiger charge is 2.27. The van der Waals surface area contributed by atoms with Gasteiger partial charge in [-0.25, -0.2) is 0 Å². The molecular formula is C9H15N5O. The van der Waals surface area contributed by atoms with Gasteiger partial charge in [0.2, 0.25) is 0 Å². The number of aromatic nitrogens is 3. The summed E-state index contributed by atoms with van der Waals surface area (Å²) in [5.74, 6) is -0.0270. The minimum absolute atomic E-state index is 0.0270. The van der Waals surface area contributed by atoms with Crippen LogP contribution in [0.3, 0.4) is 0 Å². The highest BCUT2D eigenvalue weighted by atomic mass is 16.2. The van der Waals surface area contributed by atoms with Gasteiger partial charge in [0.25, 0.3) is 5.91 Å². The first-order valence-corrected chi connectivity index (χ1v) is 5.09. The number of carbonyl (C=O) groups excluding carboxylic acids is 1. The van der Waals surface area contributed by atoms with Crippen molar-refractivity contribution in [1.29, 1.82) is 0 Å². The lowest BCUT2D eigenvalue weighted by atomic mass is 10.1. The molecule has 1 fully saturated rings. The SMILES string of the molecule is C[C@@H]1CN(C(=O)c2cnn[nH]2)[C@@H](C)CN1. The monoisotopic (exact) mass is 209 g/mol. The lowest BCUT2D eigenvalue weighted by Gasteiger charge is -2.37. The molecule has 2 atom stereocenters. The van der Waals surface area contributed by atoms with Crippen molar-refractivity contribution < 1.29 is 4.79 Å². The van der Waals surface area contributed by atoms with Crippen LogP contribution >= 0.6 is 0 Å². The normalized spacial score (nSPS) is 26.7. The molecule has 1 aliphatic heterocycles. The number of hydrogen-bond donors (Lipinski definition) is 2. The van der Waals surface area contributed by atoms with Gasteiger partial charge in [-0.05, 0) is 13.8 Å². The number of carbonyl (C=O) groups is 1. The predicted octanol–water partition coefficient (Wildman–Crippen LogP) is -0.373. The van der Waals surface area contributed by atoms with E-state index in [0.29, 0.717) is 11.7 Å². The zero-order chi connectivity index (χ0) is 10.8. The maximum Gasteiger partial charge on any atom is 0.273 e. The second-order valence-electron chi connectivity index (χ2n) is 3.99. The Kier molecular flexibility index (Phi) is 2.68. The van der Waals surface area contributed by atoms with Gasteiger partial charge in [-0.3, -0.25) is 9.89 Å². The van der Waals surface area contributed by atoms with E-state index < -0.39 is 0 Å². The molecule has 1 aromatic rings. The quantitative estimate of drug-likeness (QED) is 0.661. The average Bonchev–Trinajstić information content (AvgIpc) is 2.74. The van der Waals surface area contributed by atoms with E-state index in [1.165, 1.54) is 6.20 Å². The van der Waals surface area contributed by atoms with Crippen molar-refractivity contribution >= 4 is 5.91 Å². The van der Waals surface area contributed by atoms with Gasteiger partial charge in [0.05, 0.1) is 6.20 Å². The minimum Gasteiger partial charge on any atom is -0.332 e. The third-order valence-corrected chi connectivity index (χ3v) is 2.67. The van der Waals surface area contributed by atoms with Crippen LogP contribution in [0.25, 0.3) is 0 Å². The van der Waals surface area contributed by atoms with E-state index in [-0.39, 0.29) is 11.9 Å². The largest absolute Gasteiger partial charge is 0.332 e. The molecule has 1 aliphatic rings. The molecule has 2 heterocycles. The number of H-pyrrole nitrogens is 1. The molecule has 0 radical (unpaired) electrons. The van der Waals surface area contributed by atoms with Crippen molar-refractivity contribution in [3.63, 3.8) is 0 Å². The fraction of sp³-hybridized carbons (Fsp3) is 0.667. The van der Waals surface area contributed by atoms with Crippen LogP contribution in [0, 0.1) is 0 Å². The van der Waals surface area contributed by atoms with Crippen molar-refractivity contribution in [2.45, 2.75) is 25.9 Å². The molecule has 0 aliphatic carbocycles. The van der Waals surface area contributed by atoms with E-state index in [4.69, 9.17) is 0 Å². The van der Waals surface area contributed by atoms with Gasteiger partial charge < -0.3 is 10.2 Å². The van der Waals surface area contributed by atoms with E-state index in [1.807, 2.05) is 11.8 Å². The summed E-state index contributed by atoms with van der Waals surface area (Å²) in [7, 11) is 0. The number of rotatable bonds is 1. The summed E-state index contributed by atoms with van der Waals surface area (Å²) in [5, 5.41) is 13.1. The third-order valence-electron chi connectivity index (χ3n) is 2.67. The Balaban J connectivity index is 2.12. The maximum atomic E-state index is 12.0. The molecule has 1 aromatic heterocycles. The van der Waals surface area contributed by atoms with Gasteiger partial charge in [0.1, 0.15) is 5.69 Å². The highest BCUT2D eigenvalue weighted by Crippen LogP contribution is 2.10. The van der Waals surface area contributed by atoms with Crippen LogP contribution in [0.5, 0.6) is 0 Å². The maximum absolute atomic E-state index is 12.0. The first kappa shape index (κ1) is 10.1. The van der Waals surface area contributed by atoms with Crippen molar-refractivity contribution in [3.05, 3.63) is 11.9 Å². The number of nitrogens with one attached hydrogen (secondary N) is 2. The molecule has 1 saturated heterocycles. The summed E-state index contributed by atoms with van der Waals surface area (Å²) < 4.78 is 0. The Bertz CT molecular complexity index is 336. The minimum atomic E-state index is -0.0270. The van der Waals surface area contributed by atoms with E-state index in [9.17, 15) is 4.79 Å². The van der Waals surface area contributed by atoms with Crippen LogP contribution in [0.2, 0.25) is 0 Å². The number of aromatic amines is 1. The summed E-state index contributed by atoms with van der Waals surface area (Å²) in [6.45, 7) is 5.64. The molecule has 82 valence electrons. The number of hydrogen-bond acceptors (Lipinski definition) is 4. The van der Waals surface area contributed by atoms with E-state index in [0.717, 1.165) is 13.1 Å². The fourth-order valence-electron chi connectivity index (χ4n) is 1.76. The van der Waals surface area contributed by atoms with E-state index in [2.05, 4.69) is 27.7 Å². The Hall–Kier alpha value is -1.43. The van der Waals surface area contributed by atoms with Crippen LogP contribution in [0.4, 0.5) is 0 Å². The van der Waals surface area contributed by atoms with E-state index >= 15 is 0 Å². The fourth-order valence-corrected chi connectivity index (χ4v) is 1.76. The van der Waals surface area contributed by atoms with Gasteiger partial charge in [-0.1, -0.05) is 5.21 Å². The van der Waals surface area contributed by atoms with Crippen molar-refractivity contribution in [1.82, 2.24) is 25.6 Å². The summed E-state index contributed by atoms with van der Waals surface area (Å²) in [6, 6.07) is 0.540. The van der Waals surface area contributed by atoms with Crippen LogP contribution in [0.1, 0.15) is 24.3 Å². The molecule has 15 heavy (non-hydrogen) atoms. The number of piperazine rings is 1. The number of nitrogens with zero attached hydrogens (tertiary/aromatic N) is 3. The molecule has 0 unspecified atom stereocenters. The molecule has 2 rings (SSSR count). The zero-order valence-electron chi connectivity index (χ0n) is 8.90.